The third-order valence-corrected chi connectivity index (χ3v) is 5.26. The van der Waals surface area contributed by atoms with Gasteiger partial charge in [-0.25, -0.2) is 9.59 Å². The smallest absolute Gasteiger partial charge is 0.338 e. The number of carbonyl (C=O) groups is 3. The van der Waals surface area contributed by atoms with Gasteiger partial charge in [-0.3, -0.25) is 9.69 Å². The SMILES string of the molecule is O=C(COC(=O)c1cccc(N2CCNC2=O)c1)c1ccc2c(c1)CCCC2. The number of anilines is 1. The number of rotatable bonds is 5. The maximum Gasteiger partial charge on any atom is 0.338 e. The predicted octanol–water partition coefficient (Wildman–Crippen LogP) is 3.13. The van der Waals surface area contributed by atoms with E-state index in [2.05, 4.69) is 5.32 Å². The lowest BCUT2D eigenvalue weighted by molar-refractivity contribution is 0.0475. The number of Topliss-reactive ketones (excluding diaryl/α,β-unsaturated/α-hetero) is 1. The lowest BCUT2D eigenvalue weighted by Crippen LogP contribution is -2.27. The van der Waals surface area contributed by atoms with Crippen LogP contribution in [0.25, 0.3) is 0 Å². The second-order valence-corrected chi connectivity index (χ2v) is 7.12. The van der Waals surface area contributed by atoms with E-state index >= 15 is 0 Å². The number of fused-ring (bicyclic) bond motifs is 1. The molecule has 6 heteroatoms. The summed E-state index contributed by atoms with van der Waals surface area (Å²) < 4.78 is 5.23. The first-order valence-electron chi connectivity index (χ1n) is 9.59. The van der Waals surface area contributed by atoms with Gasteiger partial charge in [0.15, 0.2) is 12.4 Å². The molecule has 144 valence electrons. The minimum Gasteiger partial charge on any atom is -0.454 e. The average Bonchev–Trinajstić information content (AvgIpc) is 3.17. The van der Waals surface area contributed by atoms with E-state index in [1.54, 1.807) is 29.2 Å². The first-order valence-corrected chi connectivity index (χ1v) is 9.59. The molecule has 0 bridgehead atoms. The molecule has 1 heterocycles. The number of hydrogen-bond acceptors (Lipinski definition) is 4. The number of amides is 2. The Labute approximate surface area is 163 Å². The van der Waals surface area contributed by atoms with Gasteiger partial charge in [0.05, 0.1) is 5.56 Å². The van der Waals surface area contributed by atoms with Gasteiger partial charge >= 0.3 is 12.0 Å². The van der Waals surface area contributed by atoms with Crippen molar-refractivity contribution in [3.63, 3.8) is 0 Å². The van der Waals surface area contributed by atoms with Crippen molar-refractivity contribution in [2.75, 3.05) is 24.6 Å². The maximum absolute atomic E-state index is 12.4. The summed E-state index contributed by atoms with van der Waals surface area (Å²) >= 11 is 0. The van der Waals surface area contributed by atoms with Crippen LogP contribution in [0.4, 0.5) is 10.5 Å². The molecule has 2 aromatic carbocycles. The zero-order chi connectivity index (χ0) is 19.5. The molecular weight excluding hydrogens is 356 g/mol. The van der Waals surface area contributed by atoms with Gasteiger partial charge in [-0.05, 0) is 61.1 Å². The maximum atomic E-state index is 12.4. The molecule has 1 N–H and O–H groups in total. The van der Waals surface area contributed by atoms with Crippen molar-refractivity contribution in [1.29, 1.82) is 0 Å². The molecule has 2 aromatic rings. The number of benzene rings is 2. The van der Waals surface area contributed by atoms with Gasteiger partial charge in [-0.1, -0.05) is 18.2 Å². The van der Waals surface area contributed by atoms with Crippen molar-refractivity contribution in [3.05, 3.63) is 64.7 Å². The van der Waals surface area contributed by atoms with E-state index in [9.17, 15) is 14.4 Å². The number of aryl methyl sites for hydroxylation is 2. The van der Waals surface area contributed by atoms with Crippen molar-refractivity contribution >= 4 is 23.5 Å². The normalized spacial score (nSPS) is 15.7. The van der Waals surface area contributed by atoms with Gasteiger partial charge in [-0.2, -0.15) is 0 Å². The van der Waals surface area contributed by atoms with E-state index < -0.39 is 5.97 Å². The highest BCUT2D eigenvalue weighted by Gasteiger charge is 2.22. The van der Waals surface area contributed by atoms with Gasteiger partial charge < -0.3 is 10.1 Å². The number of hydrogen-bond donors (Lipinski definition) is 1. The minimum atomic E-state index is -0.576. The van der Waals surface area contributed by atoms with Crippen LogP contribution in [0.1, 0.15) is 44.7 Å². The van der Waals surface area contributed by atoms with Crippen molar-refractivity contribution in [2.45, 2.75) is 25.7 Å². The Kier molecular flexibility index (Phi) is 5.10. The molecule has 1 fully saturated rings. The topological polar surface area (TPSA) is 75.7 Å². The molecule has 0 atom stereocenters. The third kappa shape index (κ3) is 3.76. The fourth-order valence-corrected chi connectivity index (χ4v) is 3.72. The fraction of sp³-hybridized carbons (Fsp3) is 0.318. The number of urea groups is 1. The Morgan fingerprint density at radius 1 is 1.00 bits per heavy atom. The van der Waals surface area contributed by atoms with Crippen molar-refractivity contribution in [3.8, 4) is 0 Å². The molecule has 1 aliphatic carbocycles. The second-order valence-electron chi connectivity index (χ2n) is 7.12. The van der Waals surface area contributed by atoms with E-state index in [0.29, 0.717) is 29.9 Å². The van der Waals surface area contributed by atoms with Crippen LogP contribution in [0.3, 0.4) is 0 Å². The number of nitrogens with zero attached hydrogens (tertiary/aromatic N) is 1. The Morgan fingerprint density at radius 3 is 2.61 bits per heavy atom. The standard InChI is InChI=1S/C22H22N2O4/c25-20(17-9-8-15-4-1-2-5-16(15)12-17)14-28-21(26)18-6-3-7-19(13-18)24-11-10-23-22(24)27/h3,6-9,12-13H,1-2,4-5,10-11,14H2,(H,23,27). The quantitative estimate of drug-likeness (QED) is 0.641. The van der Waals surface area contributed by atoms with Gasteiger partial charge in [-0.15, -0.1) is 0 Å². The largest absolute Gasteiger partial charge is 0.454 e. The highest BCUT2D eigenvalue weighted by atomic mass is 16.5. The van der Waals surface area contributed by atoms with Gasteiger partial charge in [0.2, 0.25) is 0 Å². The van der Waals surface area contributed by atoms with Gasteiger partial charge in [0.25, 0.3) is 0 Å². The first kappa shape index (κ1) is 18.2. The van der Waals surface area contributed by atoms with Crippen LogP contribution in [-0.2, 0) is 17.6 Å². The number of ether oxygens (including phenoxy) is 1. The van der Waals surface area contributed by atoms with E-state index in [1.807, 2.05) is 18.2 Å². The summed E-state index contributed by atoms with van der Waals surface area (Å²) in [5.74, 6) is -0.787. The van der Waals surface area contributed by atoms with Crippen LogP contribution < -0.4 is 10.2 Å². The lowest BCUT2D eigenvalue weighted by Gasteiger charge is -2.16. The zero-order valence-electron chi connectivity index (χ0n) is 15.6. The predicted molar refractivity (Wildman–Crippen MR) is 105 cm³/mol. The van der Waals surface area contributed by atoms with E-state index in [1.165, 1.54) is 17.5 Å². The highest BCUT2D eigenvalue weighted by Crippen LogP contribution is 2.23. The summed E-state index contributed by atoms with van der Waals surface area (Å²) in [6, 6.07) is 12.2. The van der Waals surface area contributed by atoms with E-state index in [-0.39, 0.29) is 18.4 Å². The van der Waals surface area contributed by atoms with Crippen molar-refractivity contribution in [1.82, 2.24) is 5.32 Å². The number of ketones is 1. The average molecular weight is 378 g/mol. The summed E-state index contributed by atoms with van der Waals surface area (Å²) in [5.41, 5.74) is 4.06. The van der Waals surface area contributed by atoms with Crippen LogP contribution in [0.15, 0.2) is 42.5 Å². The Bertz CT molecular complexity index is 938. The molecule has 1 aliphatic heterocycles. The molecule has 1 saturated heterocycles. The Hall–Kier alpha value is -3.15. The number of nitrogens with one attached hydrogen (secondary N) is 1. The Morgan fingerprint density at radius 2 is 1.82 bits per heavy atom. The summed E-state index contributed by atoms with van der Waals surface area (Å²) in [7, 11) is 0. The fourth-order valence-electron chi connectivity index (χ4n) is 3.72. The summed E-state index contributed by atoms with van der Waals surface area (Å²) in [4.78, 5) is 38.2. The molecule has 28 heavy (non-hydrogen) atoms. The van der Waals surface area contributed by atoms with Crippen LogP contribution in [0.2, 0.25) is 0 Å². The molecule has 4 rings (SSSR count). The molecule has 0 spiro atoms. The molecule has 0 radical (unpaired) electrons. The van der Waals surface area contributed by atoms with Crippen LogP contribution in [-0.4, -0.2) is 37.5 Å². The zero-order valence-corrected chi connectivity index (χ0v) is 15.6. The molecular formula is C22H22N2O4. The molecule has 0 saturated carbocycles. The van der Waals surface area contributed by atoms with Crippen molar-refractivity contribution in [2.24, 2.45) is 0 Å². The number of esters is 1. The summed E-state index contributed by atoms with van der Waals surface area (Å²) in [6.45, 7) is 0.822. The molecule has 0 aromatic heterocycles. The minimum absolute atomic E-state index is 0.187. The highest BCUT2D eigenvalue weighted by molar-refractivity contribution is 6.00. The van der Waals surface area contributed by atoms with Crippen molar-refractivity contribution < 1.29 is 19.1 Å². The Balaban J connectivity index is 1.40. The first-order chi connectivity index (χ1) is 13.6. The monoisotopic (exact) mass is 378 g/mol. The van der Waals surface area contributed by atoms with Crippen LogP contribution >= 0.6 is 0 Å². The third-order valence-electron chi connectivity index (χ3n) is 5.26. The molecule has 6 nitrogen and oxygen atoms in total. The van der Waals surface area contributed by atoms with Gasteiger partial charge in [0.1, 0.15) is 0 Å². The van der Waals surface area contributed by atoms with Crippen LogP contribution in [0, 0.1) is 0 Å². The number of carbonyl (C=O) groups excluding carboxylic acids is 3. The lowest BCUT2D eigenvalue weighted by atomic mass is 9.90. The van der Waals surface area contributed by atoms with Gasteiger partial charge in [0, 0.05) is 24.3 Å². The summed E-state index contributed by atoms with van der Waals surface area (Å²) in [6.07, 6.45) is 4.39. The van der Waals surface area contributed by atoms with Crippen LogP contribution in [0.5, 0.6) is 0 Å². The second kappa shape index (κ2) is 7.84. The van der Waals surface area contributed by atoms with E-state index in [0.717, 1.165) is 19.3 Å². The van der Waals surface area contributed by atoms with E-state index in [4.69, 9.17) is 4.74 Å². The molecule has 0 unspecified atom stereocenters. The summed E-state index contributed by atoms with van der Waals surface area (Å²) in [5, 5.41) is 2.72. The molecule has 2 amide bonds. The molecule has 2 aliphatic rings.